The van der Waals surface area contributed by atoms with Gasteiger partial charge in [0.2, 0.25) is 5.91 Å². The van der Waals surface area contributed by atoms with E-state index in [-0.39, 0.29) is 11.7 Å². The minimum atomic E-state index is -1.02. The van der Waals surface area contributed by atoms with Crippen LogP contribution < -0.4 is 10.6 Å². The van der Waals surface area contributed by atoms with E-state index in [0.717, 1.165) is 0 Å². The summed E-state index contributed by atoms with van der Waals surface area (Å²) in [6.07, 6.45) is 0.863. The van der Waals surface area contributed by atoms with Crippen molar-refractivity contribution in [2.24, 2.45) is 0 Å². The van der Waals surface area contributed by atoms with E-state index in [2.05, 4.69) is 29.8 Å². The number of thiol groups is 1. The fourth-order valence-corrected chi connectivity index (χ4v) is 1.07. The molecule has 0 aliphatic carbocycles. The summed E-state index contributed by atoms with van der Waals surface area (Å²) in [7, 11) is 0. The molecule has 6 heteroatoms. The minimum Gasteiger partial charge on any atom is -0.480 e. The van der Waals surface area contributed by atoms with E-state index in [1.54, 1.807) is 0 Å². The summed E-state index contributed by atoms with van der Waals surface area (Å²) in [5, 5.41) is 13.8. The van der Waals surface area contributed by atoms with Gasteiger partial charge in [-0.05, 0) is 0 Å². The van der Waals surface area contributed by atoms with Crippen molar-refractivity contribution in [3.05, 3.63) is 12.7 Å². The Balaban J connectivity index is 4.20. The Morgan fingerprint density at radius 3 is 2.50 bits per heavy atom. The van der Waals surface area contributed by atoms with Crippen molar-refractivity contribution >= 4 is 24.5 Å². The van der Waals surface area contributed by atoms with Crippen molar-refractivity contribution in [1.29, 1.82) is 0 Å². The standard InChI is InChI=1S/C8H14N2O3S/c1-3-7(9-5(2)11)10-6(4-14)8(12)13/h3,6-7,10,14H,1,4H2,2H3,(H,9,11)(H,12,13). The van der Waals surface area contributed by atoms with Gasteiger partial charge in [-0.2, -0.15) is 12.6 Å². The summed E-state index contributed by atoms with van der Waals surface area (Å²) >= 11 is 3.87. The molecule has 3 N–H and O–H groups in total. The van der Waals surface area contributed by atoms with Gasteiger partial charge in [-0.1, -0.05) is 12.7 Å². The highest BCUT2D eigenvalue weighted by Gasteiger charge is 2.18. The lowest BCUT2D eigenvalue weighted by molar-refractivity contribution is -0.139. The molecule has 80 valence electrons. The van der Waals surface area contributed by atoms with Crippen molar-refractivity contribution in [2.45, 2.75) is 19.1 Å². The zero-order valence-electron chi connectivity index (χ0n) is 7.86. The quantitative estimate of drug-likeness (QED) is 0.278. The van der Waals surface area contributed by atoms with Crippen molar-refractivity contribution < 1.29 is 14.7 Å². The van der Waals surface area contributed by atoms with Gasteiger partial charge < -0.3 is 10.4 Å². The third-order valence-electron chi connectivity index (χ3n) is 1.46. The van der Waals surface area contributed by atoms with Crippen LogP contribution in [0.1, 0.15) is 6.92 Å². The van der Waals surface area contributed by atoms with E-state index in [9.17, 15) is 9.59 Å². The summed E-state index contributed by atoms with van der Waals surface area (Å²) < 4.78 is 0. The Kier molecular flexibility index (Phi) is 5.98. The molecule has 0 saturated carbocycles. The summed E-state index contributed by atoms with van der Waals surface area (Å²) in [5.41, 5.74) is 0. The van der Waals surface area contributed by atoms with Gasteiger partial charge in [0.15, 0.2) is 0 Å². The molecule has 0 aliphatic heterocycles. The maximum atomic E-state index is 10.7. The van der Waals surface area contributed by atoms with Crippen molar-refractivity contribution in [2.75, 3.05) is 5.75 Å². The van der Waals surface area contributed by atoms with E-state index in [1.807, 2.05) is 0 Å². The highest BCUT2D eigenvalue weighted by Crippen LogP contribution is 1.91. The minimum absolute atomic E-state index is 0.138. The number of carbonyl (C=O) groups excluding carboxylic acids is 1. The van der Waals surface area contributed by atoms with Gasteiger partial charge in [0.1, 0.15) is 6.04 Å². The van der Waals surface area contributed by atoms with Gasteiger partial charge in [0.05, 0.1) is 6.17 Å². The van der Waals surface area contributed by atoms with Crippen LogP contribution in [0.5, 0.6) is 0 Å². The average Bonchev–Trinajstić information content (AvgIpc) is 2.10. The van der Waals surface area contributed by atoms with Gasteiger partial charge in [0.25, 0.3) is 0 Å². The molecular formula is C8H14N2O3S. The number of rotatable bonds is 6. The predicted molar refractivity (Wildman–Crippen MR) is 56.2 cm³/mol. The molecule has 0 aromatic carbocycles. The van der Waals surface area contributed by atoms with Gasteiger partial charge in [0, 0.05) is 12.7 Å². The van der Waals surface area contributed by atoms with Crippen LogP contribution in [0, 0.1) is 0 Å². The predicted octanol–water partition coefficient (Wildman–Crippen LogP) is -0.393. The first-order chi connectivity index (χ1) is 6.51. The summed E-state index contributed by atoms with van der Waals surface area (Å²) in [4.78, 5) is 21.3. The molecule has 2 atom stereocenters. The number of hydrogen-bond donors (Lipinski definition) is 4. The zero-order valence-corrected chi connectivity index (χ0v) is 8.75. The van der Waals surface area contributed by atoms with Crippen LogP contribution in [0.25, 0.3) is 0 Å². The van der Waals surface area contributed by atoms with Crippen LogP contribution in [0.15, 0.2) is 12.7 Å². The Labute approximate surface area is 88.0 Å². The molecule has 0 bridgehead atoms. The lowest BCUT2D eigenvalue weighted by Crippen LogP contribution is -2.51. The molecule has 0 fully saturated rings. The molecule has 5 nitrogen and oxygen atoms in total. The maximum absolute atomic E-state index is 10.7. The Morgan fingerprint density at radius 2 is 2.21 bits per heavy atom. The van der Waals surface area contributed by atoms with Gasteiger partial charge in [-0.15, -0.1) is 0 Å². The average molecular weight is 218 g/mol. The second-order valence-electron chi connectivity index (χ2n) is 2.65. The van der Waals surface area contributed by atoms with E-state index in [4.69, 9.17) is 5.11 Å². The van der Waals surface area contributed by atoms with Crippen molar-refractivity contribution in [1.82, 2.24) is 10.6 Å². The van der Waals surface area contributed by atoms with Gasteiger partial charge >= 0.3 is 5.97 Å². The third-order valence-corrected chi connectivity index (χ3v) is 1.82. The SMILES string of the molecule is C=CC(NC(C)=O)NC(CS)C(=O)O. The molecule has 0 saturated heterocycles. The number of hydrogen-bond acceptors (Lipinski definition) is 4. The summed E-state index contributed by atoms with van der Waals surface area (Å²) in [5.74, 6) is -1.14. The highest BCUT2D eigenvalue weighted by molar-refractivity contribution is 7.80. The van der Waals surface area contributed by atoms with Gasteiger partial charge in [-0.3, -0.25) is 14.9 Å². The number of nitrogens with one attached hydrogen (secondary N) is 2. The third kappa shape index (κ3) is 4.88. The first-order valence-corrected chi connectivity index (χ1v) is 4.64. The molecule has 2 unspecified atom stereocenters. The summed E-state index contributed by atoms with van der Waals surface area (Å²) in [6.45, 7) is 4.81. The van der Waals surface area contributed by atoms with Crippen LogP contribution >= 0.6 is 12.6 Å². The molecule has 0 rings (SSSR count). The van der Waals surface area contributed by atoms with Crippen molar-refractivity contribution in [3.8, 4) is 0 Å². The molecule has 0 aromatic rings. The van der Waals surface area contributed by atoms with E-state index >= 15 is 0 Å². The molecule has 0 aliphatic rings. The number of carboxylic acids is 1. The van der Waals surface area contributed by atoms with E-state index < -0.39 is 18.2 Å². The maximum Gasteiger partial charge on any atom is 0.321 e. The smallest absolute Gasteiger partial charge is 0.321 e. The van der Waals surface area contributed by atoms with Crippen molar-refractivity contribution in [3.63, 3.8) is 0 Å². The van der Waals surface area contributed by atoms with Crippen LogP contribution in [0.3, 0.4) is 0 Å². The van der Waals surface area contributed by atoms with Gasteiger partial charge in [-0.25, -0.2) is 0 Å². The first kappa shape index (κ1) is 13.0. The molecule has 14 heavy (non-hydrogen) atoms. The number of amides is 1. The molecular weight excluding hydrogens is 204 g/mol. The highest BCUT2D eigenvalue weighted by atomic mass is 32.1. The lowest BCUT2D eigenvalue weighted by atomic mass is 10.3. The summed E-state index contributed by atoms with van der Waals surface area (Å²) in [6, 6.07) is -0.812. The second-order valence-corrected chi connectivity index (χ2v) is 3.02. The topological polar surface area (TPSA) is 78.4 Å². The largest absolute Gasteiger partial charge is 0.480 e. The molecule has 0 spiro atoms. The fourth-order valence-electron chi connectivity index (χ4n) is 0.806. The van der Waals surface area contributed by atoms with E-state index in [0.29, 0.717) is 0 Å². The first-order valence-electron chi connectivity index (χ1n) is 4.00. The monoisotopic (exact) mass is 218 g/mol. The molecule has 1 amide bonds. The Hall–Kier alpha value is -1.01. The fraction of sp³-hybridized carbons (Fsp3) is 0.500. The van der Waals surface area contributed by atoms with Crippen LogP contribution in [0.2, 0.25) is 0 Å². The Bertz CT molecular complexity index is 233. The van der Waals surface area contributed by atoms with Crippen LogP contribution in [-0.4, -0.2) is 34.9 Å². The number of aliphatic carboxylic acids is 1. The number of carbonyl (C=O) groups is 2. The lowest BCUT2D eigenvalue weighted by Gasteiger charge is -2.19. The second kappa shape index (κ2) is 6.44. The normalized spacial score (nSPS) is 14.1. The van der Waals surface area contributed by atoms with E-state index in [1.165, 1.54) is 13.0 Å². The van der Waals surface area contributed by atoms with Crippen LogP contribution in [0.4, 0.5) is 0 Å². The van der Waals surface area contributed by atoms with Crippen LogP contribution in [-0.2, 0) is 9.59 Å². The molecule has 0 radical (unpaired) electrons. The molecule has 0 aromatic heterocycles. The number of carboxylic acid groups (broad SMARTS) is 1. The zero-order chi connectivity index (χ0) is 11.1. The Morgan fingerprint density at radius 1 is 1.64 bits per heavy atom. The molecule has 0 heterocycles.